The van der Waals surface area contributed by atoms with Crippen LogP contribution in [0.1, 0.15) is 19.4 Å². The monoisotopic (exact) mass is 326 g/mol. The Morgan fingerprint density at radius 3 is 2.89 bits per heavy atom. The molecule has 19 heavy (non-hydrogen) atoms. The molecule has 2 aliphatic rings. The third-order valence-electron chi connectivity index (χ3n) is 4.87. The van der Waals surface area contributed by atoms with Gasteiger partial charge >= 0.3 is 0 Å². The highest BCUT2D eigenvalue weighted by Gasteiger charge is 2.49. The molecule has 0 saturated carbocycles. The molecule has 2 unspecified atom stereocenters. The van der Waals surface area contributed by atoms with Crippen LogP contribution in [0.25, 0.3) is 0 Å². The number of halogens is 2. The first-order valence-corrected chi connectivity index (χ1v) is 7.67. The molecule has 0 radical (unpaired) electrons. The highest BCUT2D eigenvalue weighted by Crippen LogP contribution is 2.41. The lowest BCUT2D eigenvalue weighted by atomic mass is 9.85. The number of hydrogen-bond donors (Lipinski definition) is 1. The first-order chi connectivity index (χ1) is 8.98. The van der Waals surface area contributed by atoms with Gasteiger partial charge in [0.2, 0.25) is 0 Å². The summed E-state index contributed by atoms with van der Waals surface area (Å²) in [4.78, 5) is 2.51. The van der Waals surface area contributed by atoms with Crippen molar-refractivity contribution in [1.82, 2.24) is 10.2 Å². The predicted molar refractivity (Wildman–Crippen MR) is 78.4 cm³/mol. The fraction of sp³-hybridized carbons (Fsp3) is 0.600. The number of likely N-dealkylation sites (tertiary alicyclic amines) is 1. The van der Waals surface area contributed by atoms with Crippen molar-refractivity contribution in [3.05, 3.63) is 34.1 Å². The Morgan fingerprint density at radius 2 is 2.21 bits per heavy atom. The van der Waals surface area contributed by atoms with Crippen molar-refractivity contribution in [3.8, 4) is 0 Å². The Morgan fingerprint density at radius 1 is 1.42 bits per heavy atom. The smallest absolute Gasteiger partial charge is 0.137 e. The predicted octanol–water partition coefficient (Wildman–Crippen LogP) is 3.02. The van der Waals surface area contributed by atoms with Crippen LogP contribution in [0.5, 0.6) is 0 Å². The Bertz CT molecular complexity index is 489. The summed E-state index contributed by atoms with van der Waals surface area (Å²) in [5.41, 5.74) is 1.25. The number of hydrogen-bond acceptors (Lipinski definition) is 2. The molecule has 0 aliphatic carbocycles. The van der Waals surface area contributed by atoms with E-state index >= 15 is 0 Å². The Hall–Kier alpha value is -0.450. The maximum Gasteiger partial charge on any atom is 0.137 e. The Labute approximate surface area is 122 Å². The second-order valence-corrected chi connectivity index (χ2v) is 7.16. The first kappa shape index (κ1) is 13.5. The summed E-state index contributed by atoms with van der Waals surface area (Å²) in [6.07, 6.45) is 0. The fourth-order valence-electron chi connectivity index (χ4n) is 3.63. The summed E-state index contributed by atoms with van der Waals surface area (Å²) < 4.78 is 14.1. The fourth-order valence-corrected chi connectivity index (χ4v) is 3.88. The number of benzene rings is 1. The van der Waals surface area contributed by atoms with Crippen molar-refractivity contribution < 1.29 is 4.39 Å². The SMILES string of the molecule is CC1(C)C2CNCC2CN1Cc1ccc(Br)c(F)c1. The number of nitrogens with one attached hydrogen (secondary N) is 1. The van der Waals surface area contributed by atoms with Crippen LogP contribution in [0, 0.1) is 17.7 Å². The van der Waals surface area contributed by atoms with Crippen LogP contribution in [-0.4, -0.2) is 30.1 Å². The van der Waals surface area contributed by atoms with E-state index in [1.165, 1.54) is 0 Å². The molecule has 2 nitrogen and oxygen atoms in total. The van der Waals surface area contributed by atoms with Gasteiger partial charge in [0.05, 0.1) is 4.47 Å². The molecule has 2 atom stereocenters. The van der Waals surface area contributed by atoms with Crippen LogP contribution < -0.4 is 5.32 Å². The molecule has 1 aromatic carbocycles. The van der Waals surface area contributed by atoms with Crippen LogP contribution in [0.2, 0.25) is 0 Å². The average Bonchev–Trinajstić information content (AvgIpc) is 2.89. The van der Waals surface area contributed by atoms with Gasteiger partial charge in [0.25, 0.3) is 0 Å². The summed E-state index contributed by atoms with van der Waals surface area (Å²) in [5, 5.41) is 3.49. The molecule has 0 amide bonds. The average molecular weight is 327 g/mol. The Balaban J connectivity index is 1.78. The van der Waals surface area contributed by atoms with Gasteiger partial charge < -0.3 is 5.32 Å². The molecule has 1 aromatic rings. The number of nitrogens with zero attached hydrogens (tertiary/aromatic N) is 1. The van der Waals surface area contributed by atoms with Gasteiger partial charge in [-0.1, -0.05) is 6.07 Å². The van der Waals surface area contributed by atoms with E-state index in [0.29, 0.717) is 10.4 Å². The van der Waals surface area contributed by atoms with Gasteiger partial charge in [-0.15, -0.1) is 0 Å². The van der Waals surface area contributed by atoms with Crippen molar-refractivity contribution in [2.75, 3.05) is 19.6 Å². The van der Waals surface area contributed by atoms with Crippen molar-refractivity contribution in [3.63, 3.8) is 0 Å². The number of fused-ring (bicyclic) bond motifs is 1. The van der Waals surface area contributed by atoms with Crippen molar-refractivity contribution in [2.45, 2.75) is 25.9 Å². The highest BCUT2D eigenvalue weighted by atomic mass is 79.9. The molecule has 104 valence electrons. The van der Waals surface area contributed by atoms with Gasteiger partial charge in [-0.05, 0) is 65.9 Å². The largest absolute Gasteiger partial charge is 0.316 e. The quantitative estimate of drug-likeness (QED) is 0.898. The lowest BCUT2D eigenvalue weighted by molar-refractivity contribution is 0.132. The third-order valence-corrected chi connectivity index (χ3v) is 5.52. The lowest BCUT2D eigenvalue weighted by Crippen LogP contribution is -2.43. The summed E-state index contributed by atoms with van der Waals surface area (Å²) in [5.74, 6) is 1.29. The molecule has 0 aromatic heterocycles. The summed E-state index contributed by atoms with van der Waals surface area (Å²) in [6, 6.07) is 5.46. The van der Waals surface area contributed by atoms with E-state index in [1.807, 2.05) is 6.07 Å². The molecular weight excluding hydrogens is 307 g/mol. The molecule has 2 aliphatic heterocycles. The summed E-state index contributed by atoms with van der Waals surface area (Å²) >= 11 is 3.21. The van der Waals surface area contributed by atoms with Crippen LogP contribution in [0.15, 0.2) is 22.7 Å². The minimum atomic E-state index is -0.170. The van der Waals surface area contributed by atoms with Gasteiger partial charge in [-0.3, -0.25) is 4.90 Å². The van der Waals surface area contributed by atoms with Gasteiger partial charge in [0, 0.05) is 25.2 Å². The van der Waals surface area contributed by atoms with Crippen LogP contribution in [-0.2, 0) is 6.54 Å². The normalized spacial score (nSPS) is 29.7. The third kappa shape index (κ3) is 2.34. The zero-order valence-corrected chi connectivity index (χ0v) is 13.0. The van der Waals surface area contributed by atoms with Crippen LogP contribution in [0.4, 0.5) is 4.39 Å². The topological polar surface area (TPSA) is 15.3 Å². The minimum Gasteiger partial charge on any atom is -0.316 e. The maximum absolute atomic E-state index is 13.6. The molecule has 2 fully saturated rings. The van der Waals surface area contributed by atoms with E-state index in [0.717, 1.165) is 37.7 Å². The molecule has 1 N–H and O–H groups in total. The van der Waals surface area contributed by atoms with E-state index < -0.39 is 0 Å². The molecule has 2 saturated heterocycles. The van der Waals surface area contributed by atoms with Crippen molar-refractivity contribution in [1.29, 1.82) is 0 Å². The van der Waals surface area contributed by atoms with E-state index in [4.69, 9.17) is 0 Å². The second kappa shape index (κ2) is 4.83. The lowest BCUT2D eigenvalue weighted by Gasteiger charge is -2.35. The van der Waals surface area contributed by atoms with Crippen molar-refractivity contribution in [2.24, 2.45) is 11.8 Å². The zero-order chi connectivity index (χ0) is 13.6. The zero-order valence-electron chi connectivity index (χ0n) is 11.4. The molecular formula is C15H20BrFN2. The molecule has 2 heterocycles. The molecule has 3 rings (SSSR count). The highest BCUT2D eigenvalue weighted by molar-refractivity contribution is 9.10. The molecule has 0 spiro atoms. The number of rotatable bonds is 2. The first-order valence-electron chi connectivity index (χ1n) is 6.88. The Kier molecular flexibility index (Phi) is 3.44. The maximum atomic E-state index is 13.6. The summed E-state index contributed by atoms with van der Waals surface area (Å²) in [7, 11) is 0. The van der Waals surface area contributed by atoms with E-state index in [-0.39, 0.29) is 11.4 Å². The van der Waals surface area contributed by atoms with E-state index in [1.54, 1.807) is 12.1 Å². The van der Waals surface area contributed by atoms with Crippen molar-refractivity contribution >= 4 is 15.9 Å². The van der Waals surface area contributed by atoms with Gasteiger partial charge in [0.15, 0.2) is 0 Å². The second-order valence-electron chi connectivity index (χ2n) is 6.31. The standard InChI is InChI=1S/C15H20BrFN2/c1-15(2)12-7-18-6-11(12)9-19(15)8-10-3-4-13(16)14(17)5-10/h3-5,11-12,18H,6-9H2,1-2H3. The molecule has 4 heteroatoms. The minimum absolute atomic E-state index is 0.170. The molecule has 0 bridgehead atoms. The van der Waals surface area contributed by atoms with Crippen LogP contribution in [0.3, 0.4) is 0 Å². The van der Waals surface area contributed by atoms with Crippen LogP contribution >= 0.6 is 15.9 Å². The van der Waals surface area contributed by atoms with Gasteiger partial charge in [-0.2, -0.15) is 0 Å². The van der Waals surface area contributed by atoms with E-state index in [9.17, 15) is 4.39 Å². The van der Waals surface area contributed by atoms with E-state index in [2.05, 4.69) is 40.0 Å². The van der Waals surface area contributed by atoms with Gasteiger partial charge in [0.1, 0.15) is 5.82 Å². The summed E-state index contributed by atoms with van der Waals surface area (Å²) in [6.45, 7) is 8.83. The van der Waals surface area contributed by atoms with Gasteiger partial charge in [-0.25, -0.2) is 4.39 Å².